The molecule has 0 aromatic heterocycles. The molecule has 0 spiro atoms. The van der Waals surface area contributed by atoms with Gasteiger partial charge in [-0.3, -0.25) is 12.2 Å². The molecule has 0 radical (unpaired) electrons. The summed E-state index contributed by atoms with van der Waals surface area (Å²) in [7, 11) is 0. The summed E-state index contributed by atoms with van der Waals surface area (Å²) >= 11 is 0. The van der Waals surface area contributed by atoms with Gasteiger partial charge < -0.3 is 1.43 Å². The van der Waals surface area contributed by atoms with E-state index in [0.717, 1.165) is 25.7 Å². The van der Waals surface area contributed by atoms with E-state index < -0.39 is 0 Å². The maximum atomic E-state index is 3.21. The van der Waals surface area contributed by atoms with Gasteiger partial charge in [0.05, 0.1) is 0 Å². The number of hydrogen-bond donors (Lipinski definition) is 0. The zero-order valence-corrected chi connectivity index (χ0v) is 12.4. The molecule has 0 N–H and O–H groups in total. The zero-order chi connectivity index (χ0) is 10.2. The molecule has 0 amide bonds. The third-order valence-electron chi connectivity index (χ3n) is 2.29. The minimum atomic E-state index is 0. The molecule has 0 aliphatic heterocycles. The largest absolute Gasteiger partial charge is 2.00 e. The van der Waals surface area contributed by atoms with E-state index in [1.807, 2.05) is 0 Å². The van der Waals surface area contributed by atoms with E-state index in [4.69, 9.17) is 0 Å². The summed E-state index contributed by atoms with van der Waals surface area (Å²) in [4.78, 5) is 0. The Balaban J connectivity index is -0.000000196. The van der Waals surface area contributed by atoms with Crippen LogP contribution >= 0.6 is 12.4 Å². The Bertz CT molecular complexity index is 261. The fourth-order valence-corrected chi connectivity index (χ4v) is 1.39. The number of hydrogen-bond acceptors (Lipinski definition) is 0. The summed E-state index contributed by atoms with van der Waals surface area (Å²) in [6, 6.07) is 0. The van der Waals surface area contributed by atoms with Crippen molar-refractivity contribution in [2.75, 3.05) is 0 Å². The summed E-state index contributed by atoms with van der Waals surface area (Å²) in [5, 5.41) is 0. The van der Waals surface area contributed by atoms with Gasteiger partial charge in [0.15, 0.2) is 0 Å². The van der Waals surface area contributed by atoms with Crippen LogP contribution in [-0.4, -0.2) is 0 Å². The van der Waals surface area contributed by atoms with Crippen molar-refractivity contribution in [2.24, 2.45) is 0 Å². The zero-order valence-electron chi connectivity index (χ0n) is 11.0. The first-order valence-electron chi connectivity index (χ1n) is 5.39. The average molecular weight is 272 g/mol. The van der Waals surface area contributed by atoms with Crippen molar-refractivity contribution in [2.45, 2.75) is 39.5 Å². The van der Waals surface area contributed by atoms with Crippen molar-refractivity contribution in [3.05, 3.63) is 47.6 Å². The summed E-state index contributed by atoms with van der Waals surface area (Å²) < 4.78 is 0. The normalized spacial score (nSPS) is 15.4. The Morgan fingerprint density at radius 3 is 1.50 bits per heavy atom. The molecule has 0 aromatic rings. The second-order valence-electron chi connectivity index (χ2n) is 3.32. The molecule has 0 unspecified atom stereocenters. The van der Waals surface area contributed by atoms with Crippen molar-refractivity contribution >= 4 is 12.4 Å². The van der Waals surface area contributed by atoms with Gasteiger partial charge in [-0.25, -0.2) is 23.3 Å². The van der Waals surface area contributed by atoms with Gasteiger partial charge >= 0.3 is 21.7 Å². The third-order valence-corrected chi connectivity index (χ3v) is 2.29. The van der Waals surface area contributed by atoms with Gasteiger partial charge in [-0.05, 0) is 0 Å². The second kappa shape index (κ2) is 11.4. The number of halogens is 1. The molecule has 0 saturated carbocycles. The standard InChI is InChI=1S/2C7H9.ClH.Ti.H/c2*1-2-7-5-3-4-6-7;;;/h2*3,5H,2,4H2,1H3;1H;;/q2*-1;;+2;-1. The van der Waals surface area contributed by atoms with E-state index in [9.17, 15) is 0 Å². The Morgan fingerprint density at radius 2 is 1.38 bits per heavy atom. The van der Waals surface area contributed by atoms with Crippen molar-refractivity contribution < 1.29 is 23.1 Å². The molecule has 0 heterocycles. The topological polar surface area (TPSA) is 0 Å². The van der Waals surface area contributed by atoms with Crippen LogP contribution in [0.5, 0.6) is 0 Å². The maximum absolute atomic E-state index is 3.21. The Morgan fingerprint density at radius 1 is 1.00 bits per heavy atom. The van der Waals surface area contributed by atoms with Crippen LogP contribution in [0, 0.1) is 12.2 Å². The Kier molecular flexibility index (Phi) is 13.1. The molecule has 0 bridgehead atoms. The number of rotatable bonds is 2. The van der Waals surface area contributed by atoms with Crippen LogP contribution in [0.25, 0.3) is 0 Å². The summed E-state index contributed by atoms with van der Waals surface area (Å²) in [5.41, 5.74) is 2.72. The molecule has 0 aromatic carbocycles. The van der Waals surface area contributed by atoms with Gasteiger partial charge in [0, 0.05) is 0 Å². The molecule has 2 aliphatic rings. The molecule has 16 heavy (non-hydrogen) atoms. The molecule has 2 aliphatic carbocycles. The molecule has 88 valence electrons. The van der Waals surface area contributed by atoms with Crippen LogP contribution in [-0.2, 0) is 21.7 Å². The summed E-state index contributed by atoms with van der Waals surface area (Å²) in [6.45, 7) is 4.30. The van der Waals surface area contributed by atoms with Gasteiger partial charge in [-0.15, -0.1) is 25.2 Å². The fourth-order valence-electron chi connectivity index (χ4n) is 1.39. The van der Waals surface area contributed by atoms with Gasteiger partial charge in [0.25, 0.3) is 0 Å². The molecule has 0 fully saturated rings. The minimum absolute atomic E-state index is 0. The molecular weight excluding hydrogens is 251 g/mol. The van der Waals surface area contributed by atoms with Crippen LogP contribution in [0.15, 0.2) is 35.5 Å². The fraction of sp³-hybridized carbons (Fsp3) is 0.429. The van der Waals surface area contributed by atoms with Crippen LogP contribution in [0.2, 0.25) is 0 Å². The minimum Gasteiger partial charge on any atom is -1.00 e. The molecule has 0 atom stereocenters. The molecule has 2 rings (SSSR count). The first-order chi connectivity index (χ1) is 6.86. The van der Waals surface area contributed by atoms with E-state index in [1.54, 1.807) is 0 Å². The van der Waals surface area contributed by atoms with Gasteiger partial charge in [-0.1, -0.05) is 26.7 Å². The summed E-state index contributed by atoms with van der Waals surface area (Å²) in [6.07, 6.45) is 19.3. The van der Waals surface area contributed by atoms with Crippen molar-refractivity contribution in [1.82, 2.24) is 0 Å². The van der Waals surface area contributed by atoms with Crippen LogP contribution in [0.3, 0.4) is 0 Å². The smallest absolute Gasteiger partial charge is 1.00 e. The van der Waals surface area contributed by atoms with E-state index in [1.165, 1.54) is 11.1 Å². The average Bonchev–Trinajstić information content (AvgIpc) is 2.92. The van der Waals surface area contributed by atoms with E-state index in [0.29, 0.717) is 0 Å². The predicted octanol–water partition coefficient (Wildman–Crippen LogP) is 4.70. The Hall–Kier alpha value is -0.0357. The van der Waals surface area contributed by atoms with Crippen molar-refractivity contribution in [3.8, 4) is 0 Å². The van der Waals surface area contributed by atoms with Crippen molar-refractivity contribution in [1.29, 1.82) is 0 Å². The second-order valence-corrected chi connectivity index (χ2v) is 3.32. The summed E-state index contributed by atoms with van der Waals surface area (Å²) in [5.74, 6) is 0. The number of allylic oxidation sites excluding steroid dienone is 8. The first kappa shape index (κ1) is 18.3. The van der Waals surface area contributed by atoms with Gasteiger partial charge in [0.2, 0.25) is 0 Å². The molecular formula is C14H20ClTi-. The SMILES string of the molecule is CCC1=[C-]CC=C1.CCC1=[C-]CC=C1.Cl.[H-].[Ti+2]. The maximum Gasteiger partial charge on any atom is 2.00 e. The van der Waals surface area contributed by atoms with Crippen LogP contribution in [0.1, 0.15) is 41.0 Å². The molecule has 2 heteroatoms. The van der Waals surface area contributed by atoms with E-state index >= 15 is 0 Å². The quantitative estimate of drug-likeness (QED) is 0.504. The Labute approximate surface area is 122 Å². The molecule has 0 saturated heterocycles. The van der Waals surface area contributed by atoms with Gasteiger partial charge in [0.1, 0.15) is 0 Å². The monoisotopic (exact) mass is 271 g/mol. The predicted molar refractivity (Wildman–Crippen MR) is 70.0 cm³/mol. The van der Waals surface area contributed by atoms with Crippen molar-refractivity contribution in [3.63, 3.8) is 0 Å². The van der Waals surface area contributed by atoms with Crippen LogP contribution < -0.4 is 0 Å². The van der Waals surface area contributed by atoms with Gasteiger partial charge in [-0.2, -0.15) is 12.2 Å². The van der Waals surface area contributed by atoms with Crippen LogP contribution in [0.4, 0.5) is 0 Å². The first-order valence-corrected chi connectivity index (χ1v) is 5.39. The van der Waals surface area contributed by atoms with E-state index in [-0.39, 0.29) is 35.6 Å². The van der Waals surface area contributed by atoms with E-state index in [2.05, 4.69) is 50.3 Å². The third kappa shape index (κ3) is 7.27. The molecule has 0 nitrogen and oxygen atoms in total.